The molecule has 0 radical (unpaired) electrons. The Balaban J connectivity index is 1.25. The molecule has 30 heavy (non-hydrogen) atoms. The number of nitrogens with zero attached hydrogens (tertiary/aromatic N) is 2. The minimum absolute atomic E-state index is 0.0151. The quantitative estimate of drug-likeness (QED) is 0.680. The Morgan fingerprint density at radius 2 is 1.90 bits per heavy atom. The Morgan fingerprint density at radius 1 is 1.10 bits per heavy atom. The Labute approximate surface area is 181 Å². The molecule has 4 rings (SSSR count). The van der Waals surface area contributed by atoms with Crippen LogP contribution in [0.25, 0.3) is 0 Å². The van der Waals surface area contributed by atoms with E-state index in [0.29, 0.717) is 18.4 Å². The number of nitrogens with two attached hydrogens (primary N) is 1. The number of thioether (sulfide) groups is 1. The average molecular weight is 434 g/mol. The van der Waals surface area contributed by atoms with Crippen LogP contribution in [-0.4, -0.2) is 42.7 Å². The van der Waals surface area contributed by atoms with Crippen LogP contribution in [0, 0.1) is 18.6 Å². The summed E-state index contributed by atoms with van der Waals surface area (Å²) in [7, 11) is 0. The van der Waals surface area contributed by atoms with Gasteiger partial charge in [-0.3, -0.25) is 0 Å². The first kappa shape index (κ1) is 21.4. The van der Waals surface area contributed by atoms with E-state index in [-0.39, 0.29) is 5.50 Å². The summed E-state index contributed by atoms with van der Waals surface area (Å²) in [4.78, 5) is 4.87. The van der Waals surface area contributed by atoms with Crippen molar-refractivity contribution < 1.29 is 13.5 Å². The van der Waals surface area contributed by atoms with Gasteiger partial charge < -0.3 is 20.3 Å². The van der Waals surface area contributed by atoms with E-state index in [1.54, 1.807) is 0 Å². The van der Waals surface area contributed by atoms with Crippen molar-refractivity contribution in [1.82, 2.24) is 4.90 Å². The molecule has 0 amide bonds. The summed E-state index contributed by atoms with van der Waals surface area (Å²) in [5.74, 6) is -0.376. The monoisotopic (exact) mass is 433 g/mol. The average Bonchev–Trinajstić information content (AvgIpc) is 2.74. The lowest BCUT2D eigenvalue weighted by Gasteiger charge is -2.45. The third-order valence-corrected chi connectivity index (χ3v) is 6.97. The Morgan fingerprint density at radius 3 is 2.67 bits per heavy atom. The largest absolute Gasteiger partial charge is 0.493 e. The second-order valence-electron chi connectivity index (χ2n) is 8.09. The third kappa shape index (κ3) is 4.90. The molecule has 7 heteroatoms. The first-order valence-electron chi connectivity index (χ1n) is 10.6. The molecule has 1 saturated heterocycles. The van der Waals surface area contributed by atoms with Crippen molar-refractivity contribution in [1.29, 1.82) is 0 Å². The van der Waals surface area contributed by atoms with Crippen LogP contribution in [0.2, 0.25) is 0 Å². The molecule has 0 aliphatic carbocycles. The van der Waals surface area contributed by atoms with Crippen LogP contribution in [0.4, 0.5) is 14.5 Å². The molecule has 0 bridgehead atoms. The fourth-order valence-electron chi connectivity index (χ4n) is 4.34. The van der Waals surface area contributed by atoms with E-state index in [1.165, 1.54) is 22.9 Å². The van der Waals surface area contributed by atoms with Gasteiger partial charge in [-0.15, -0.1) is 11.8 Å². The lowest BCUT2D eigenvalue weighted by molar-refractivity contribution is 0.189. The minimum atomic E-state index is -0.875. The van der Waals surface area contributed by atoms with Crippen LogP contribution >= 0.6 is 11.8 Å². The number of hydrogen-bond acceptors (Lipinski definition) is 5. The highest BCUT2D eigenvalue weighted by Crippen LogP contribution is 2.38. The fraction of sp³-hybridized carbons (Fsp3) is 0.478. The number of rotatable bonds is 6. The molecule has 0 spiro atoms. The number of anilines is 1. The smallest absolute Gasteiger partial charge is 0.162 e. The van der Waals surface area contributed by atoms with Gasteiger partial charge in [0.1, 0.15) is 11.2 Å². The molecule has 1 fully saturated rings. The molecule has 2 N–H and O–H groups in total. The summed E-state index contributed by atoms with van der Waals surface area (Å²) >= 11 is 1.81. The normalized spacial score (nSPS) is 20.3. The van der Waals surface area contributed by atoms with E-state index in [0.717, 1.165) is 56.8 Å². The minimum Gasteiger partial charge on any atom is -0.493 e. The molecule has 4 nitrogen and oxygen atoms in total. The van der Waals surface area contributed by atoms with Crippen LogP contribution in [0.5, 0.6) is 5.75 Å². The predicted molar refractivity (Wildman–Crippen MR) is 119 cm³/mol. The zero-order chi connectivity index (χ0) is 21.1. The van der Waals surface area contributed by atoms with Gasteiger partial charge in [-0.05, 0) is 49.9 Å². The summed E-state index contributed by atoms with van der Waals surface area (Å²) < 4.78 is 31.8. The molecule has 0 saturated carbocycles. The van der Waals surface area contributed by atoms with Gasteiger partial charge in [0.15, 0.2) is 11.6 Å². The highest BCUT2D eigenvalue weighted by molar-refractivity contribution is 7.99. The number of aryl methyl sites for hydroxylation is 1. The van der Waals surface area contributed by atoms with Crippen molar-refractivity contribution in [3.05, 3.63) is 59.2 Å². The summed E-state index contributed by atoms with van der Waals surface area (Å²) in [5.41, 5.74) is 10.5. The summed E-state index contributed by atoms with van der Waals surface area (Å²) in [6.45, 7) is 5.63. The maximum absolute atomic E-state index is 13.2. The van der Waals surface area contributed by atoms with Crippen molar-refractivity contribution in [2.75, 3.05) is 31.1 Å². The Hall–Kier alpha value is -1.83. The number of hydrogen-bond donors (Lipinski definition) is 1. The lowest BCUT2D eigenvalue weighted by atomic mass is 10.0. The van der Waals surface area contributed by atoms with Gasteiger partial charge in [0, 0.05) is 43.2 Å². The summed E-state index contributed by atoms with van der Waals surface area (Å²) in [5, 5.41) is 0. The van der Waals surface area contributed by atoms with Crippen LogP contribution in [-0.2, 0) is 5.75 Å². The van der Waals surface area contributed by atoms with Crippen molar-refractivity contribution in [3.8, 4) is 5.75 Å². The van der Waals surface area contributed by atoms with Gasteiger partial charge in [-0.2, -0.15) is 0 Å². The summed E-state index contributed by atoms with van der Waals surface area (Å²) in [6, 6.07) is 10.8. The van der Waals surface area contributed by atoms with E-state index in [4.69, 9.17) is 10.5 Å². The van der Waals surface area contributed by atoms with E-state index < -0.39 is 11.6 Å². The maximum atomic E-state index is 13.2. The van der Waals surface area contributed by atoms with Gasteiger partial charge in [0.05, 0.1) is 6.61 Å². The third-order valence-electron chi connectivity index (χ3n) is 5.93. The second kappa shape index (κ2) is 9.54. The molecule has 2 heterocycles. The van der Waals surface area contributed by atoms with Gasteiger partial charge in [0.2, 0.25) is 0 Å². The van der Waals surface area contributed by atoms with Crippen LogP contribution in [0.1, 0.15) is 30.4 Å². The van der Waals surface area contributed by atoms with E-state index in [9.17, 15) is 8.78 Å². The van der Waals surface area contributed by atoms with Crippen molar-refractivity contribution >= 4 is 17.4 Å². The molecule has 0 aromatic heterocycles. The van der Waals surface area contributed by atoms with Crippen LogP contribution < -0.4 is 15.4 Å². The first-order chi connectivity index (χ1) is 14.5. The summed E-state index contributed by atoms with van der Waals surface area (Å²) in [6.07, 6.45) is 3.03. The topological polar surface area (TPSA) is 41.7 Å². The SMILES string of the molecule is Cc1ccc2c(c1)CSC(N)N2C1CCN(CCCOc2ccc(F)c(F)c2)CC1. The number of piperidine rings is 1. The van der Waals surface area contributed by atoms with Crippen molar-refractivity contribution in [2.24, 2.45) is 5.73 Å². The molecule has 2 aromatic carbocycles. The molecule has 2 aliphatic heterocycles. The zero-order valence-electron chi connectivity index (χ0n) is 17.3. The van der Waals surface area contributed by atoms with Crippen molar-refractivity contribution in [2.45, 2.75) is 43.5 Å². The van der Waals surface area contributed by atoms with Crippen LogP contribution in [0.15, 0.2) is 36.4 Å². The van der Waals surface area contributed by atoms with Gasteiger partial charge in [0.25, 0.3) is 0 Å². The fourth-order valence-corrected chi connectivity index (χ4v) is 5.37. The number of fused-ring (bicyclic) bond motifs is 1. The van der Waals surface area contributed by atoms with E-state index >= 15 is 0 Å². The molecule has 1 atom stereocenters. The van der Waals surface area contributed by atoms with Gasteiger partial charge >= 0.3 is 0 Å². The van der Waals surface area contributed by atoms with Crippen molar-refractivity contribution in [3.63, 3.8) is 0 Å². The zero-order valence-corrected chi connectivity index (χ0v) is 18.1. The van der Waals surface area contributed by atoms with E-state index in [1.807, 2.05) is 11.8 Å². The number of ether oxygens (including phenoxy) is 1. The Bertz CT molecular complexity index is 874. The molecular formula is C23H29F2N3OS. The number of halogens is 2. The molecule has 2 aromatic rings. The highest BCUT2D eigenvalue weighted by Gasteiger charge is 2.32. The molecule has 2 aliphatic rings. The number of likely N-dealkylation sites (tertiary alicyclic amines) is 1. The molecule has 1 unspecified atom stereocenters. The van der Waals surface area contributed by atoms with Gasteiger partial charge in [-0.1, -0.05) is 17.7 Å². The van der Waals surface area contributed by atoms with Gasteiger partial charge in [-0.25, -0.2) is 8.78 Å². The second-order valence-corrected chi connectivity index (χ2v) is 9.20. The molecular weight excluding hydrogens is 404 g/mol. The van der Waals surface area contributed by atoms with E-state index in [2.05, 4.69) is 34.9 Å². The number of benzene rings is 2. The maximum Gasteiger partial charge on any atom is 0.162 e. The highest BCUT2D eigenvalue weighted by atomic mass is 32.2. The Kier molecular flexibility index (Phi) is 6.80. The standard InChI is InChI=1S/C23H29F2N3OS/c1-16-3-6-22-17(13-16)15-30-23(26)28(22)18-7-10-27(11-8-18)9-2-12-29-19-4-5-20(24)21(25)14-19/h3-6,13-14,18,23H,2,7-12,15,26H2,1H3. The van der Waals surface area contributed by atoms with Crippen LogP contribution in [0.3, 0.4) is 0 Å². The lowest BCUT2D eigenvalue weighted by Crippen LogP contribution is -2.53. The first-order valence-corrected chi connectivity index (χ1v) is 11.6. The predicted octanol–water partition coefficient (Wildman–Crippen LogP) is 4.50. The molecule has 162 valence electrons.